The fourth-order valence-corrected chi connectivity index (χ4v) is 9.41. The molecule has 9 atom stereocenters. The Bertz CT molecular complexity index is 1120. The molecule has 1 spiro atoms. The summed E-state index contributed by atoms with van der Waals surface area (Å²) in [5.41, 5.74) is -3.49. The van der Waals surface area contributed by atoms with E-state index in [-0.39, 0.29) is 29.1 Å². The van der Waals surface area contributed by atoms with E-state index >= 15 is 0 Å². The zero-order valence-corrected chi connectivity index (χ0v) is 23.7. The molecule has 0 aromatic carbocycles. The minimum absolute atomic E-state index is 0.129. The second kappa shape index (κ2) is 8.13. The normalized spacial score (nSPS) is 45.9. The van der Waals surface area contributed by atoms with Gasteiger partial charge in [-0.2, -0.15) is 0 Å². The molecule has 0 amide bonds. The first-order chi connectivity index (χ1) is 17.4. The van der Waals surface area contributed by atoms with Gasteiger partial charge in [-0.1, -0.05) is 27.4 Å². The van der Waals surface area contributed by atoms with Crippen LogP contribution in [0.4, 0.5) is 0 Å². The Kier molecular flexibility index (Phi) is 5.84. The Hall–Kier alpha value is -2.26. The van der Waals surface area contributed by atoms with Crippen LogP contribution < -0.4 is 0 Å². The van der Waals surface area contributed by atoms with Crippen LogP contribution in [-0.4, -0.2) is 59.5 Å². The van der Waals surface area contributed by atoms with Gasteiger partial charge in [-0.3, -0.25) is 19.2 Å². The summed E-state index contributed by atoms with van der Waals surface area (Å²) < 4.78 is 31.1. The standard InChI is InChI=1S/C29H40O9/c1-14-23(33)29-21(36-17(4)32)12-19-25(5,6)11-10-20(35-16(3)31)27(19,9)22(29)18(34-15(2)30)13-28(14)24(29)37-26(7,8)38-28/h18-22,24H,1,10-13H2,2-9H3/t18-,19+,20-,21-,22+,24+,27+,28-,29-/m1/s1. The van der Waals surface area contributed by atoms with Crippen LogP contribution >= 0.6 is 0 Å². The van der Waals surface area contributed by atoms with Crippen LogP contribution in [0.25, 0.3) is 0 Å². The Morgan fingerprint density at radius 2 is 1.50 bits per heavy atom. The van der Waals surface area contributed by atoms with Gasteiger partial charge in [-0.15, -0.1) is 0 Å². The minimum Gasteiger partial charge on any atom is -0.462 e. The lowest BCUT2D eigenvalue weighted by Gasteiger charge is -2.68. The highest BCUT2D eigenvalue weighted by Gasteiger charge is 2.86. The second-order valence-electron chi connectivity index (χ2n) is 13.3. The van der Waals surface area contributed by atoms with E-state index in [0.717, 1.165) is 6.42 Å². The van der Waals surface area contributed by atoms with Gasteiger partial charge >= 0.3 is 17.9 Å². The molecular weight excluding hydrogens is 492 g/mol. The maximum Gasteiger partial charge on any atom is 0.302 e. The molecule has 0 N–H and O–H groups in total. The molecule has 38 heavy (non-hydrogen) atoms. The van der Waals surface area contributed by atoms with Crippen molar-refractivity contribution in [3.8, 4) is 0 Å². The molecule has 4 aliphatic carbocycles. The molecule has 5 rings (SSSR count). The second-order valence-corrected chi connectivity index (χ2v) is 13.3. The number of hydrogen-bond donors (Lipinski definition) is 0. The summed E-state index contributed by atoms with van der Waals surface area (Å²) in [6.45, 7) is 18.2. The zero-order chi connectivity index (χ0) is 28.2. The molecule has 0 radical (unpaired) electrons. The van der Waals surface area contributed by atoms with E-state index < -0.39 is 70.5 Å². The average Bonchev–Trinajstić information content (AvgIpc) is 3.10. The summed E-state index contributed by atoms with van der Waals surface area (Å²) >= 11 is 0. The van der Waals surface area contributed by atoms with E-state index in [1.165, 1.54) is 20.8 Å². The molecule has 4 saturated carbocycles. The quantitative estimate of drug-likeness (QED) is 0.305. The third kappa shape index (κ3) is 3.36. The van der Waals surface area contributed by atoms with E-state index in [1.807, 2.05) is 6.92 Å². The number of ketones is 1. The summed E-state index contributed by atoms with van der Waals surface area (Å²) in [6, 6.07) is 0. The molecule has 0 unspecified atom stereocenters. The molecule has 1 aliphatic heterocycles. The predicted molar refractivity (Wildman–Crippen MR) is 133 cm³/mol. The molecule has 1 heterocycles. The number of rotatable bonds is 3. The van der Waals surface area contributed by atoms with Crippen molar-refractivity contribution < 1.29 is 42.9 Å². The molecule has 210 valence electrons. The molecule has 2 bridgehead atoms. The van der Waals surface area contributed by atoms with E-state index in [0.29, 0.717) is 12.8 Å². The topological polar surface area (TPSA) is 114 Å². The number of fused-ring (bicyclic) bond motifs is 2. The first-order valence-corrected chi connectivity index (χ1v) is 13.6. The number of carbonyl (C=O) groups is 4. The highest BCUT2D eigenvalue weighted by Crippen LogP contribution is 2.75. The van der Waals surface area contributed by atoms with E-state index in [2.05, 4.69) is 20.4 Å². The molecule has 5 aliphatic rings. The smallest absolute Gasteiger partial charge is 0.302 e. The Labute approximate surface area is 223 Å². The van der Waals surface area contributed by atoms with Gasteiger partial charge < -0.3 is 23.7 Å². The van der Waals surface area contributed by atoms with Crippen molar-refractivity contribution in [2.75, 3.05) is 0 Å². The number of carbonyl (C=O) groups excluding carboxylic acids is 4. The van der Waals surface area contributed by atoms with Crippen molar-refractivity contribution in [1.82, 2.24) is 0 Å². The Morgan fingerprint density at radius 1 is 0.921 bits per heavy atom. The lowest BCUT2D eigenvalue weighted by atomic mass is 9.38. The molecule has 0 aromatic rings. The van der Waals surface area contributed by atoms with Crippen molar-refractivity contribution >= 4 is 23.7 Å². The summed E-state index contributed by atoms with van der Waals surface area (Å²) in [7, 11) is 0. The van der Waals surface area contributed by atoms with Crippen LogP contribution in [0, 0.1) is 28.1 Å². The molecule has 0 aromatic heterocycles. The maximum absolute atomic E-state index is 14.6. The third-order valence-electron chi connectivity index (χ3n) is 10.3. The van der Waals surface area contributed by atoms with Crippen LogP contribution in [0.3, 0.4) is 0 Å². The fourth-order valence-electron chi connectivity index (χ4n) is 9.41. The van der Waals surface area contributed by atoms with Crippen LogP contribution in [0.15, 0.2) is 12.2 Å². The lowest BCUT2D eigenvalue weighted by molar-refractivity contribution is -0.285. The van der Waals surface area contributed by atoms with Crippen molar-refractivity contribution in [2.45, 2.75) is 117 Å². The van der Waals surface area contributed by atoms with Gasteiger partial charge in [0.15, 0.2) is 11.6 Å². The van der Waals surface area contributed by atoms with Gasteiger partial charge in [0.2, 0.25) is 0 Å². The zero-order valence-electron chi connectivity index (χ0n) is 23.7. The summed E-state index contributed by atoms with van der Waals surface area (Å²) in [5.74, 6) is -3.59. The summed E-state index contributed by atoms with van der Waals surface area (Å²) in [6.07, 6.45) is -1.12. The van der Waals surface area contributed by atoms with Gasteiger partial charge in [0, 0.05) is 44.1 Å². The van der Waals surface area contributed by atoms with Crippen molar-refractivity contribution in [1.29, 1.82) is 0 Å². The van der Waals surface area contributed by atoms with E-state index in [1.54, 1.807) is 13.8 Å². The Balaban J connectivity index is 1.83. The van der Waals surface area contributed by atoms with E-state index in [9.17, 15) is 19.2 Å². The van der Waals surface area contributed by atoms with Crippen LogP contribution in [-0.2, 0) is 42.9 Å². The van der Waals surface area contributed by atoms with Gasteiger partial charge in [0.25, 0.3) is 0 Å². The largest absolute Gasteiger partial charge is 0.462 e. The summed E-state index contributed by atoms with van der Waals surface area (Å²) in [5, 5.41) is 0. The van der Waals surface area contributed by atoms with Crippen molar-refractivity contribution in [3.05, 3.63) is 12.2 Å². The van der Waals surface area contributed by atoms with Crippen molar-refractivity contribution in [2.24, 2.45) is 28.1 Å². The maximum atomic E-state index is 14.6. The molecule has 5 fully saturated rings. The number of Topliss-reactive ketones (excluding diaryl/α,β-unsaturated/α-hetero) is 1. The monoisotopic (exact) mass is 532 g/mol. The highest BCUT2D eigenvalue weighted by molar-refractivity contribution is 6.07. The molecule has 1 saturated heterocycles. The van der Waals surface area contributed by atoms with Crippen LogP contribution in [0.1, 0.15) is 81.1 Å². The highest BCUT2D eigenvalue weighted by atomic mass is 16.8. The fraction of sp³-hybridized carbons (Fsp3) is 0.793. The molecule has 9 nitrogen and oxygen atoms in total. The SMILES string of the molecule is C=C1C(=O)[C@]23[C@H]4OC(C)(C)O[C@]14C[C@@H](OC(C)=O)[C@H]2[C@]1(C)[C@H](OC(C)=O)CCC(C)(C)[C@@H]1C[C@H]3OC(C)=O. The van der Waals surface area contributed by atoms with Crippen molar-refractivity contribution in [3.63, 3.8) is 0 Å². The predicted octanol–water partition coefficient (Wildman–Crippen LogP) is 3.66. The lowest BCUT2D eigenvalue weighted by Crippen LogP contribution is -2.75. The third-order valence-corrected chi connectivity index (χ3v) is 10.3. The molecule has 9 heteroatoms. The van der Waals surface area contributed by atoms with E-state index in [4.69, 9.17) is 23.7 Å². The van der Waals surface area contributed by atoms with Gasteiger partial charge in [0.1, 0.15) is 35.4 Å². The minimum atomic E-state index is -1.44. The Morgan fingerprint density at radius 3 is 2.08 bits per heavy atom. The van der Waals surface area contributed by atoms with Gasteiger partial charge in [-0.25, -0.2) is 0 Å². The number of hydrogen-bond acceptors (Lipinski definition) is 9. The van der Waals surface area contributed by atoms with Crippen LogP contribution in [0.2, 0.25) is 0 Å². The molecular formula is C29H40O9. The van der Waals surface area contributed by atoms with Crippen LogP contribution in [0.5, 0.6) is 0 Å². The first-order valence-electron chi connectivity index (χ1n) is 13.6. The average molecular weight is 533 g/mol. The number of esters is 3. The number of ether oxygens (including phenoxy) is 5. The summed E-state index contributed by atoms with van der Waals surface area (Å²) in [4.78, 5) is 52.0. The van der Waals surface area contributed by atoms with Gasteiger partial charge in [0.05, 0.1) is 0 Å². The first kappa shape index (κ1) is 27.3. The van der Waals surface area contributed by atoms with Gasteiger partial charge in [-0.05, 0) is 44.4 Å².